The third-order valence-electron chi connectivity index (χ3n) is 5.15. The van der Waals surface area contributed by atoms with Crippen molar-refractivity contribution in [3.05, 3.63) is 48.0 Å². The van der Waals surface area contributed by atoms with E-state index in [0.717, 1.165) is 31.9 Å². The van der Waals surface area contributed by atoms with Crippen LogP contribution in [0.3, 0.4) is 0 Å². The summed E-state index contributed by atoms with van der Waals surface area (Å²) in [5, 5.41) is 12.5. The highest BCUT2D eigenvalue weighted by Crippen LogP contribution is 2.45. The van der Waals surface area contributed by atoms with E-state index < -0.39 is 15.6 Å². The molecule has 0 saturated carbocycles. The third-order valence-corrected chi connectivity index (χ3v) is 6.91. The fourth-order valence-corrected chi connectivity index (χ4v) is 5.44. The minimum absolute atomic E-state index is 0.104. The van der Waals surface area contributed by atoms with Crippen LogP contribution >= 0.6 is 0 Å². The van der Waals surface area contributed by atoms with Crippen molar-refractivity contribution in [3.63, 3.8) is 0 Å². The van der Waals surface area contributed by atoms with Crippen LogP contribution in [-0.2, 0) is 10.0 Å². The number of nitrogens with zero attached hydrogens (tertiary/aromatic N) is 3. The molecule has 152 valence electrons. The number of hydrogen-bond acceptors (Lipinski definition) is 6. The lowest BCUT2D eigenvalue weighted by atomic mass is 10.1. The normalized spacial score (nSPS) is 18.5. The smallest absolute Gasteiger partial charge is 0.264 e. The summed E-state index contributed by atoms with van der Waals surface area (Å²) in [4.78, 5) is 2.32. The van der Waals surface area contributed by atoms with Crippen LogP contribution in [-0.4, -0.2) is 46.7 Å². The van der Waals surface area contributed by atoms with Crippen molar-refractivity contribution in [2.24, 2.45) is 0 Å². The van der Waals surface area contributed by atoms with E-state index in [1.54, 1.807) is 18.2 Å². The Balaban J connectivity index is 1.83. The lowest BCUT2D eigenvalue weighted by Crippen LogP contribution is -2.50. The Morgan fingerprint density at radius 2 is 1.79 bits per heavy atom. The molecule has 0 aliphatic carbocycles. The van der Waals surface area contributed by atoms with Gasteiger partial charge in [-0.15, -0.1) is 0 Å². The Hall–Kier alpha value is -2.76. The lowest BCUT2D eigenvalue weighted by Gasteiger charge is -2.42. The van der Waals surface area contributed by atoms with E-state index in [1.165, 1.54) is 16.4 Å². The number of benzene rings is 2. The molecule has 0 amide bonds. The topological polar surface area (TPSA) is 85.7 Å². The highest BCUT2D eigenvalue weighted by Gasteiger charge is 2.40. The van der Waals surface area contributed by atoms with Gasteiger partial charge in [0.2, 0.25) is 0 Å². The highest BCUT2D eigenvalue weighted by molar-refractivity contribution is 7.92. The second kappa shape index (κ2) is 7.25. The second-order valence-corrected chi connectivity index (χ2v) is 9.74. The molecule has 2 aliphatic heterocycles. The van der Waals surface area contributed by atoms with E-state index in [4.69, 9.17) is 4.74 Å². The second-order valence-electron chi connectivity index (χ2n) is 7.88. The maximum absolute atomic E-state index is 13.5. The molecule has 0 spiro atoms. The zero-order chi connectivity index (χ0) is 20.6. The summed E-state index contributed by atoms with van der Waals surface area (Å²) in [5.41, 5.74) is 1.05. The van der Waals surface area contributed by atoms with Crippen LogP contribution in [0, 0.1) is 11.3 Å². The zero-order valence-corrected chi connectivity index (χ0v) is 17.4. The van der Waals surface area contributed by atoms with Gasteiger partial charge >= 0.3 is 0 Å². The molecule has 7 nitrogen and oxygen atoms in total. The predicted molar refractivity (Wildman–Crippen MR) is 112 cm³/mol. The van der Waals surface area contributed by atoms with Gasteiger partial charge in [-0.2, -0.15) is 5.26 Å². The first-order chi connectivity index (χ1) is 13.8. The Bertz CT molecular complexity index is 1070. The molecule has 2 aromatic carbocycles. The Morgan fingerprint density at radius 1 is 1.10 bits per heavy atom. The largest absolute Gasteiger partial charge is 0.482 e. The summed E-state index contributed by atoms with van der Waals surface area (Å²) in [6, 6.07) is 13.8. The molecule has 2 heterocycles. The molecule has 0 bridgehead atoms. The van der Waals surface area contributed by atoms with Gasteiger partial charge < -0.3 is 15.0 Å². The van der Waals surface area contributed by atoms with E-state index >= 15 is 0 Å². The standard InChI is InChI=1S/C21H24N4O3S/c1-21(2)15-25(29(26,27)17-6-3-5-16(13-17)14-22)19-8-4-7-18(20(19)28-21)24-11-9-23-10-12-24/h3-8,13,23H,9-12,15H2,1-2H3. The van der Waals surface area contributed by atoms with E-state index in [1.807, 2.05) is 32.0 Å². The van der Waals surface area contributed by atoms with Gasteiger partial charge in [-0.25, -0.2) is 8.42 Å². The molecule has 4 rings (SSSR count). The predicted octanol–water partition coefficient (Wildman–Crippen LogP) is 2.33. The van der Waals surface area contributed by atoms with Crippen molar-refractivity contribution >= 4 is 21.4 Å². The van der Waals surface area contributed by atoms with Crippen molar-refractivity contribution in [2.45, 2.75) is 24.3 Å². The number of rotatable bonds is 3. The molecule has 0 aromatic heterocycles. The molecule has 1 fully saturated rings. The number of ether oxygens (including phenoxy) is 1. The average molecular weight is 413 g/mol. The maximum atomic E-state index is 13.5. The van der Waals surface area contributed by atoms with Crippen molar-refractivity contribution < 1.29 is 13.2 Å². The van der Waals surface area contributed by atoms with Gasteiger partial charge in [-0.3, -0.25) is 4.31 Å². The molecule has 29 heavy (non-hydrogen) atoms. The molecule has 2 aromatic rings. The first kappa shape index (κ1) is 19.6. The Kier molecular flexibility index (Phi) is 4.89. The Morgan fingerprint density at radius 3 is 2.52 bits per heavy atom. The van der Waals surface area contributed by atoms with Crippen molar-refractivity contribution in [1.29, 1.82) is 5.26 Å². The van der Waals surface area contributed by atoms with E-state index in [9.17, 15) is 13.7 Å². The lowest BCUT2D eigenvalue weighted by molar-refractivity contribution is 0.111. The SMILES string of the molecule is CC1(C)CN(S(=O)(=O)c2cccc(C#N)c2)c2cccc(N3CCNCC3)c2O1. The molecule has 2 aliphatic rings. The van der Waals surface area contributed by atoms with Crippen LogP contribution in [0.15, 0.2) is 47.4 Å². The number of hydrogen-bond donors (Lipinski definition) is 1. The van der Waals surface area contributed by atoms with Gasteiger partial charge in [0.05, 0.1) is 34.4 Å². The average Bonchev–Trinajstić information content (AvgIpc) is 2.73. The summed E-state index contributed by atoms with van der Waals surface area (Å²) in [6.45, 7) is 7.36. The van der Waals surface area contributed by atoms with E-state index in [0.29, 0.717) is 17.0 Å². The van der Waals surface area contributed by atoms with Crippen molar-refractivity contribution in [3.8, 4) is 11.8 Å². The van der Waals surface area contributed by atoms with Gasteiger partial charge in [-0.05, 0) is 44.2 Å². The fraction of sp³-hybridized carbons (Fsp3) is 0.381. The van der Waals surface area contributed by atoms with Gasteiger partial charge in [0.15, 0.2) is 5.75 Å². The summed E-state index contributed by atoms with van der Waals surface area (Å²) in [5.74, 6) is 0.589. The van der Waals surface area contributed by atoms with Crippen LogP contribution in [0.2, 0.25) is 0 Å². The number of sulfonamides is 1. The van der Waals surface area contributed by atoms with Gasteiger partial charge in [0.25, 0.3) is 10.0 Å². The monoisotopic (exact) mass is 412 g/mol. The van der Waals surface area contributed by atoms with Gasteiger partial charge in [-0.1, -0.05) is 12.1 Å². The molecule has 0 unspecified atom stereocenters. The molecular weight excluding hydrogens is 388 g/mol. The maximum Gasteiger partial charge on any atom is 0.264 e. The minimum Gasteiger partial charge on any atom is -0.482 e. The quantitative estimate of drug-likeness (QED) is 0.833. The molecule has 1 saturated heterocycles. The van der Waals surface area contributed by atoms with Crippen LogP contribution in [0.5, 0.6) is 5.75 Å². The van der Waals surface area contributed by atoms with Crippen LogP contribution in [0.1, 0.15) is 19.4 Å². The number of nitriles is 1. The zero-order valence-electron chi connectivity index (χ0n) is 16.6. The molecule has 0 atom stereocenters. The fourth-order valence-electron chi connectivity index (χ4n) is 3.78. The number of nitrogens with one attached hydrogen (secondary N) is 1. The number of fused-ring (bicyclic) bond motifs is 1. The van der Waals surface area contributed by atoms with Crippen LogP contribution in [0.4, 0.5) is 11.4 Å². The van der Waals surface area contributed by atoms with Crippen LogP contribution in [0.25, 0.3) is 0 Å². The third kappa shape index (κ3) is 3.63. The van der Waals surface area contributed by atoms with Crippen LogP contribution < -0.4 is 19.3 Å². The Labute approximate surface area is 171 Å². The first-order valence-corrected chi connectivity index (χ1v) is 11.1. The summed E-state index contributed by atoms with van der Waals surface area (Å²) >= 11 is 0. The summed E-state index contributed by atoms with van der Waals surface area (Å²) in [7, 11) is -3.86. The van der Waals surface area contributed by atoms with E-state index in [2.05, 4.69) is 10.2 Å². The highest BCUT2D eigenvalue weighted by atomic mass is 32.2. The van der Waals surface area contributed by atoms with Gasteiger partial charge in [0.1, 0.15) is 5.60 Å². The minimum atomic E-state index is -3.86. The van der Waals surface area contributed by atoms with Gasteiger partial charge in [0, 0.05) is 26.2 Å². The van der Waals surface area contributed by atoms with Crippen molar-refractivity contribution in [2.75, 3.05) is 41.9 Å². The summed E-state index contributed by atoms with van der Waals surface area (Å²) in [6.07, 6.45) is 0. The number of piperazine rings is 1. The summed E-state index contributed by atoms with van der Waals surface area (Å²) < 4.78 is 34.8. The van der Waals surface area contributed by atoms with E-state index in [-0.39, 0.29) is 11.4 Å². The van der Waals surface area contributed by atoms with Crippen molar-refractivity contribution in [1.82, 2.24) is 5.32 Å². The molecule has 8 heteroatoms. The number of anilines is 2. The molecular formula is C21H24N4O3S. The molecule has 0 radical (unpaired) electrons. The molecule has 1 N–H and O–H groups in total. The number of para-hydroxylation sites is 1. The first-order valence-electron chi connectivity index (χ1n) is 9.62.